The van der Waals surface area contributed by atoms with Crippen molar-refractivity contribution in [2.45, 2.75) is 135 Å². The van der Waals surface area contributed by atoms with Gasteiger partial charge in [-0.25, -0.2) is 0 Å². The zero-order valence-electron chi connectivity index (χ0n) is 25.9. The van der Waals surface area contributed by atoms with Crippen molar-refractivity contribution in [2.24, 2.45) is 22.7 Å². The largest absolute Gasteiger partial charge is 0.522 e. The van der Waals surface area contributed by atoms with Gasteiger partial charge >= 0.3 is 18.5 Å². The number of alkyl halides is 8. The smallest absolute Gasteiger partial charge is 0.288 e. The highest BCUT2D eigenvalue weighted by Crippen LogP contribution is 2.62. The fourth-order valence-corrected chi connectivity index (χ4v) is 9.06. The summed E-state index contributed by atoms with van der Waals surface area (Å²) in [7, 11) is -1.46. The molecular weight excluding hydrogens is 600 g/mol. The lowest BCUT2D eigenvalue weighted by atomic mass is 9.55. The molecule has 0 saturated heterocycles. The van der Waals surface area contributed by atoms with Crippen molar-refractivity contribution >= 4 is 10.8 Å². The lowest BCUT2D eigenvalue weighted by molar-refractivity contribution is -0.354. The number of ether oxygens (including phenoxy) is 1. The first-order valence-electron chi connectivity index (χ1n) is 15.2. The molecule has 6 atom stereocenters. The van der Waals surface area contributed by atoms with Crippen LogP contribution >= 0.6 is 0 Å². The van der Waals surface area contributed by atoms with E-state index >= 15 is 0 Å². The quantitative estimate of drug-likeness (QED) is 0.263. The molecule has 0 spiro atoms. The molecule has 11 heteroatoms. The molecule has 0 radical (unpaired) electrons. The number of benzene rings is 1. The van der Waals surface area contributed by atoms with Gasteiger partial charge in [-0.15, -0.1) is 13.2 Å². The molecule has 2 saturated carbocycles. The number of aryl methyl sites for hydroxylation is 1. The SMILES string of the molecule is CC12CCC3c4ccccc4CCC3C1CCC2OC(F)(F)F.CCC(C)(C)C(C)(C)S(=O)CCCC(F)(F)C(F)(F)F. The van der Waals surface area contributed by atoms with Gasteiger partial charge in [0.2, 0.25) is 0 Å². The highest BCUT2D eigenvalue weighted by Gasteiger charge is 2.58. The minimum atomic E-state index is -5.54. The molecule has 0 aliphatic heterocycles. The molecule has 0 heterocycles. The van der Waals surface area contributed by atoms with Gasteiger partial charge in [-0.3, -0.25) is 8.95 Å². The lowest BCUT2D eigenvalue weighted by Gasteiger charge is -2.50. The minimum absolute atomic E-state index is 0.151. The third-order valence-electron chi connectivity index (χ3n) is 11.1. The zero-order valence-corrected chi connectivity index (χ0v) is 26.8. The molecule has 0 N–H and O–H groups in total. The van der Waals surface area contributed by atoms with Crippen LogP contribution in [0.3, 0.4) is 0 Å². The predicted octanol–water partition coefficient (Wildman–Crippen LogP) is 10.4. The average Bonchev–Trinajstić information content (AvgIpc) is 3.22. The summed E-state index contributed by atoms with van der Waals surface area (Å²) < 4.78 is 116. The first-order chi connectivity index (χ1) is 19.6. The van der Waals surface area contributed by atoms with Gasteiger partial charge in [-0.05, 0) is 105 Å². The Morgan fingerprint density at radius 3 is 2.14 bits per heavy atom. The van der Waals surface area contributed by atoms with Crippen LogP contribution in [0.5, 0.6) is 0 Å². The van der Waals surface area contributed by atoms with Crippen molar-refractivity contribution in [3.63, 3.8) is 0 Å². The van der Waals surface area contributed by atoms with E-state index in [1.54, 1.807) is 13.8 Å². The fourth-order valence-electron chi connectivity index (χ4n) is 7.38. The van der Waals surface area contributed by atoms with E-state index in [0.717, 1.165) is 38.5 Å². The summed E-state index contributed by atoms with van der Waals surface area (Å²) in [4.78, 5) is 0. The Morgan fingerprint density at radius 1 is 0.930 bits per heavy atom. The molecule has 2 fully saturated rings. The van der Waals surface area contributed by atoms with Gasteiger partial charge in [-0.1, -0.05) is 52.0 Å². The van der Waals surface area contributed by atoms with Crippen LogP contribution < -0.4 is 0 Å². The van der Waals surface area contributed by atoms with Crippen LogP contribution in [0.2, 0.25) is 0 Å². The summed E-state index contributed by atoms with van der Waals surface area (Å²) in [5.74, 6) is -3.45. The number of rotatable bonds is 8. The molecule has 0 aromatic heterocycles. The molecular formula is C32H46F8O2S. The Balaban J connectivity index is 0.000000239. The zero-order chi connectivity index (χ0) is 32.6. The first-order valence-corrected chi connectivity index (χ1v) is 16.5. The summed E-state index contributed by atoms with van der Waals surface area (Å²) in [5, 5.41) is 0. The van der Waals surface area contributed by atoms with Crippen molar-refractivity contribution in [1.29, 1.82) is 0 Å². The maximum Gasteiger partial charge on any atom is 0.522 e. The van der Waals surface area contributed by atoms with Gasteiger partial charge in [-0.2, -0.15) is 22.0 Å². The Bertz CT molecular complexity index is 1110. The Kier molecular flexibility index (Phi) is 10.9. The van der Waals surface area contributed by atoms with Crippen molar-refractivity contribution in [3.8, 4) is 0 Å². The number of hydrogen-bond donors (Lipinski definition) is 0. The topological polar surface area (TPSA) is 26.3 Å². The molecule has 0 amide bonds. The molecule has 3 aliphatic rings. The predicted molar refractivity (Wildman–Crippen MR) is 153 cm³/mol. The first kappa shape index (κ1) is 36.2. The minimum Gasteiger partial charge on any atom is -0.288 e. The molecule has 1 aromatic carbocycles. The van der Waals surface area contributed by atoms with E-state index in [0.29, 0.717) is 24.2 Å². The van der Waals surface area contributed by atoms with Crippen molar-refractivity contribution in [1.82, 2.24) is 0 Å². The lowest BCUT2D eigenvalue weighted by Crippen LogP contribution is -2.45. The molecule has 4 rings (SSSR count). The normalized spacial score (nSPS) is 28.7. The van der Waals surface area contributed by atoms with Crippen molar-refractivity contribution in [2.75, 3.05) is 5.75 Å². The van der Waals surface area contributed by atoms with E-state index in [4.69, 9.17) is 0 Å². The van der Waals surface area contributed by atoms with E-state index in [1.165, 1.54) is 11.1 Å². The summed E-state index contributed by atoms with van der Waals surface area (Å²) in [6, 6.07) is 8.63. The van der Waals surface area contributed by atoms with E-state index in [9.17, 15) is 39.3 Å². The van der Waals surface area contributed by atoms with Crippen LogP contribution in [0.4, 0.5) is 35.1 Å². The van der Waals surface area contributed by atoms with Crippen LogP contribution in [0.25, 0.3) is 0 Å². The third kappa shape index (κ3) is 7.78. The van der Waals surface area contributed by atoms with Crippen LogP contribution in [-0.2, 0) is 22.0 Å². The van der Waals surface area contributed by atoms with Gasteiger partial charge in [0.1, 0.15) is 0 Å². The molecule has 2 nitrogen and oxygen atoms in total. The highest BCUT2D eigenvalue weighted by molar-refractivity contribution is 7.86. The van der Waals surface area contributed by atoms with Crippen molar-refractivity contribution < 1.29 is 44.1 Å². The van der Waals surface area contributed by atoms with E-state index in [-0.39, 0.29) is 16.6 Å². The second kappa shape index (κ2) is 12.9. The average molecular weight is 647 g/mol. The van der Waals surface area contributed by atoms with Crippen molar-refractivity contribution in [3.05, 3.63) is 35.4 Å². The number of halogens is 8. The fraction of sp³-hybridized carbons (Fsp3) is 0.812. The molecule has 248 valence electrons. The van der Waals surface area contributed by atoms with Crippen LogP contribution in [-0.4, -0.2) is 39.3 Å². The number of fused-ring (bicyclic) bond motifs is 5. The standard InChI is InChI=1S/C19H23F3O.C13H23F5OS/c1-18-11-10-14-13-5-3-2-4-12(13)6-7-15(14)16(18)8-9-17(18)23-19(20,21)22;1-6-10(2,3)11(4,5)20(19)9-7-8-12(14,15)13(16,17)18/h2-5,14-17H,6-11H2,1H3;6-9H2,1-5H3. The van der Waals surface area contributed by atoms with E-state index < -0.39 is 53.0 Å². The van der Waals surface area contributed by atoms with Gasteiger partial charge in [0.15, 0.2) is 0 Å². The van der Waals surface area contributed by atoms with Gasteiger partial charge in [0, 0.05) is 27.7 Å². The number of hydrogen-bond acceptors (Lipinski definition) is 2. The second-order valence-electron chi connectivity index (χ2n) is 13.9. The molecule has 6 unspecified atom stereocenters. The Morgan fingerprint density at radius 2 is 1.56 bits per heavy atom. The molecule has 3 aliphatic carbocycles. The Hall–Kier alpha value is -1.23. The summed E-state index contributed by atoms with van der Waals surface area (Å²) in [6.45, 7) is 11.3. The maximum atomic E-state index is 12.8. The van der Waals surface area contributed by atoms with Gasteiger partial charge < -0.3 is 0 Å². The second-order valence-corrected chi connectivity index (χ2v) is 16.0. The van der Waals surface area contributed by atoms with E-state index in [2.05, 4.69) is 29.0 Å². The van der Waals surface area contributed by atoms with Crippen LogP contribution in [0, 0.1) is 22.7 Å². The third-order valence-corrected chi connectivity index (χ3v) is 13.5. The molecule has 1 aromatic rings. The molecule has 0 bridgehead atoms. The monoisotopic (exact) mass is 646 g/mol. The summed E-state index contributed by atoms with van der Waals surface area (Å²) in [6.07, 6.45) is -6.27. The van der Waals surface area contributed by atoms with E-state index in [1.807, 2.05) is 27.7 Å². The van der Waals surface area contributed by atoms with Gasteiger partial charge in [0.05, 0.1) is 6.10 Å². The molecule has 43 heavy (non-hydrogen) atoms. The Labute approximate surface area is 253 Å². The summed E-state index contributed by atoms with van der Waals surface area (Å²) in [5.41, 5.74) is 2.29. The summed E-state index contributed by atoms with van der Waals surface area (Å²) >= 11 is 0. The van der Waals surface area contributed by atoms with Gasteiger partial charge in [0.25, 0.3) is 0 Å². The van der Waals surface area contributed by atoms with Crippen LogP contribution in [0.1, 0.15) is 110 Å². The maximum absolute atomic E-state index is 12.8. The van der Waals surface area contributed by atoms with Crippen LogP contribution in [0.15, 0.2) is 24.3 Å². The highest BCUT2D eigenvalue weighted by atomic mass is 32.2.